The number of hydrogen-bond acceptors (Lipinski definition) is 3. The minimum atomic E-state index is 0.395. The van der Waals surface area contributed by atoms with E-state index in [-0.39, 0.29) is 0 Å². The van der Waals surface area contributed by atoms with Crippen LogP contribution in [0.4, 0.5) is 0 Å². The van der Waals surface area contributed by atoms with Crippen LogP contribution in [0.2, 0.25) is 0 Å². The van der Waals surface area contributed by atoms with Gasteiger partial charge in [-0.15, -0.1) is 0 Å². The summed E-state index contributed by atoms with van der Waals surface area (Å²) in [5, 5.41) is 12.2. The number of piperazine rings is 1. The summed E-state index contributed by atoms with van der Waals surface area (Å²) in [5.74, 6) is 0. The molecule has 2 rings (SSSR count). The first-order valence-corrected chi connectivity index (χ1v) is 6.17. The van der Waals surface area contributed by atoms with Crippen LogP contribution in [-0.2, 0) is 0 Å². The molecular weight excluding hydrogens is 186 g/mol. The van der Waals surface area contributed by atoms with Crippen molar-refractivity contribution in [2.24, 2.45) is 0 Å². The normalized spacial score (nSPS) is 34.1. The summed E-state index contributed by atoms with van der Waals surface area (Å²) in [6.07, 6.45) is 6.16. The van der Waals surface area contributed by atoms with Crippen LogP contribution in [0.1, 0.15) is 39.0 Å². The molecule has 0 bridgehead atoms. The number of nitrogens with zero attached hydrogens (tertiary/aromatic N) is 2. The third-order valence-corrected chi connectivity index (χ3v) is 3.83. The van der Waals surface area contributed by atoms with E-state index in [0.717, 1.165) is 19.1 Å². The number of rotatable bonds is 2. The van der Waals surface area contributed by atoms with E-state index in [9.17, 15) is 0 Å². The Balaban J connectivity index is 1.92. The zero-order chi connectivity index (χ0) is 10.7. The van der Waals surface area contributed by atoms with Crippen LogP contribution in [0.15, 0.2) is 0 Å². The van der Waals surface area contributed by atoms with Crippen LogP contribution in [0, 0.1) is 11.3 Å². The molecule has 3 heteroatoms. The van der Waals surface area contributed by atoms with Crippen LogP contribution in [0.3, 0.4) is 0 Å². The Labute approximate surface area is 92.4 Å². The Morgan fingerprint density at radius 3 is 2.80 bits per heavy atom. The fourth-order valence-electron chi connectivity index (χ4n) is 2.95. The third kappa shape index (κ3) is 2.50. The molecular formula is C12H21N3. The van der Waals surface area contributed by atoms with Gasteiger partial charge in [0.25, 0.3) is 0 Å². The standard InChI is InChI=1S/C12H21N3/c1-10-8-14-11(6-7-13)9-15(10)12-4-2-3-5-12/h10-12,14H,2-6,8-9H2,1H3. The van der Waals surface area contributed by atoms with Crippen LogP contribution in [0.25, 0.3) is 0 Å². The molecule has 1 N–H and O–H groups in total. The van der Waals surface area contributed by atoms with Crippen molar-refractivity contribution >= 4 is 0 Å². The molecule has 1 heterocycles. The molecule has 2 atom stereocenters. The number of nitrogens with one attached hydrogen (secondary N) is 1. The minimum absolute atomic E-state index is 0.395. The molecule has 0 aromatic rings. The van der Waals surface area contributed by atoms with E-state index in [1.54, 1.807) is 0 Å². The molecule has 0 radical (unpaired) electrons. The molecule has 2 unspecified atom stereocenters. The van der Waals surface area contributed by atoms with Crippen LogP contribution < -0.4 is 5.32 Å². The number of nitriles is 1. The fourth-order valence-corrected chi connectivity index (χ4v) is 2.95. The minimum Gasteiger partial charge on any atom is -0.310 e. The molecule has 1 aliphatic carbocycles. The second kappa shape index (κ2) is 4.96. The summed E-state index contributed by atoms with van der Waals surface area (Å²) in [4.78, 5) is 2.63. The SMILES string of the molecule is CC1CNC(CC#N)CN1C1CCCC1. The maximum absolute atomic E-state index is 8.73. The molecule has 0 amide bonds. The lowest BCUT2D eigenvalue weighted by molar-refractivity contribution is 0.0941. The monoisotopic (exact) mass is 207 g/mol. The highest BCUT2D eigenvalue weighted by molar-refractivity contribution is 4.92. The van der Waals surface area contributed by atoms with E-state index >= 15 is 0 Å². The molecule has 0 spiro atoms. The van der Waals surface area contributed by atoms with E-state index in [2.05, 4.69) is 23.2 Å². The van der Waals surface area contributed by atoms with E-state index in [1.807, 2.05) is 0 Å². The smallest absolute Gasteiger partial charge is 0.0638 e. The van der Waals surface area contributed by atoms with E-state index in [1.165, 1.54) is 25.7 Å². The Morgan fingerprint density at radius 2 is 2.13 bits per heavy atom. The molecule has 2 fully saturated rings. The van der Waals surface area contributed by atoms with Crippen LogP contribution >= 0.6 is 0 Å². The zero-order valence-electron chi connectivity index (χ0n) is 9.58. The highest BCUT2D eigenvalue weighted by atomic mass is 15.3. The van der Waals surface area contributed by atoms with Crippen LogP contribution in [0.5, 0.6) is 0 Å². The molecule has 84 valence electrons. The van der Waals surface area contributed by atoms with Crippen molar-refractivity contribution in [2.45, 2.75) is 57.2 Å². The van der Waals surface area contributed by atoms with Crippen molar-refractivity contribution in [1.82, 2.24) is 10.2 Å². The molecule has 3 nitrogen and oxygen atoms in total. The topological polar surface area (TPSA) is 39.1 Å². The predicted molar refractivity (Wildman–Crippen MR) is 60.4 cm³/mol. The lowest BCUT2D eigenvalue weighted by atomic mass is 10.0. The second-order valence-electron chi connectivity index (χ2n) is 4.95. The molecule has 0 aromatic carbocycles. The second-order valence-corrected chi connectivity index (χ2v) is 4.95. The largest absolute Gasteiger partial charge is 0.310 e. The first kappa shape index (κ1) is 10.9. The third-order valence-electron chi connectivity index (χ3n) is 3.83. The molecule has 1 saturated carbocycles. The first-order chi connectivity index (χ1) is 7.31. The Bertz CT molecular complexity index is 240. The lowest BCUT2D eigenvalue weighted by Crippen LogP contribution is -2.57. The van der Waals surface area contributed by atoms with Crippen molar-refractivity contribution in [3.05, 3.63) is 0 Å². The first-order valence-electron chi connectivity index (χ1n) is 6.17. The van der Waals surface area contributed by atoms with Gasteiger partial charge in [-0.05, 0) is 19.8 Å². The van der Waals surface area contributed by atoms with Crippen LogP contribution in [-0.4, -0.2) is 36.1 Å². The summed E-state index contributed by atoms with van der Waals surface area (Å²) in [6.45, 7) is 4.41. The number of hydrogen-bond donors (Lipinski definition) is 1. The van der Waals surface area contributed by atoms with Gasteiger partial charge in [-0.1, -0.05) is 12.8 Å². The predicted octanol–water partition coefficient (Wildman–Crippen LogP) is 1.50. The Morgan fingerprint density at radius 1 is 1.40 bits per heavy atom. The molecule has 1 saturated heterocycles. The Hall–Kier alpha value is -0.590. The van der Waals surface area contributed by atoms with Crippen molar-refractivity contribution in [3.63, 3.8) is 0 Å². The summed E-state index contributed by atoms with van der Waals surface area (Å²) in [5.41, 5.74) is 0. The summed E-state index contributed by atoms with van der Waals surface area (Å²) >= 11 is 0. The zero-order valence-corrected chi connectivity index (χ0v) is 9.58. The van der Waals surface area contributed by atoms with E-state index in [4.69, 9.17) is 5.26 Å². The lowest BCUT2D eigenvalue weighted by Gasteiger charge is -2.41. The average Bonchev–Trinajstić information content (AvgIpc) is 2.74. The van der Waals surface area contributed by atoms with Crippen molar-refractivity contribution in [3.8, 4) is 6.07 Å². The van der Waals surface area contributed by atoms with Gasteiger partial charge in [0, 0.05) is 31.2 Å². The van der Waals surface area contributed by atoms with Gasteiger partial charge in [-0.25, -0.2) is 0 Å². The Kier molecular flexibility index (Phi) is 3.61. The molecule has 2 aliphatic rings. The van der Waals surface area contributed by atoms with Gasteiger partial charge < -0.3 is 5.32 Å². The maximum Gasteiger partial charge on any atom is 0.0638 e. The summed E-state index contributed by atoms with van der Waals surface area (Å²) in [7, 11) is 0. The van der Waals surface area contributed by atoms with Gasteiger partial charge in [-0.2, -0.15) is 5.26 Å². The summed E-state index contributed by atoms with van der Waals surface area (Å²) < 4.78 is 0. The fraction of sp³-hybridized carbons (Fsp3) is 0.917. The molecule has 0 aromatic heterocycles. The quantitative estimate of drug-likeness (QED) is 0.746. The van der Waals surface area contributed by atoms with Gasteiger partial charge in [0.15, 0.2) is 0 Å². The van der Waals surface area contributed by atoms with Gasteiger partial charge in [0.2, 0.25) is 0 Å². The average molecular weight is 207 g/mol. The van der Waals surface area contributed by atoms with Gasteiger partial charge in [0.05, 0.1) is 12.5 Å². The van der Waals surface area contributed by atoms with Crippen molar-refractivity contribution < 1.29 is 0 Å². The molecule has 1 aliphatic heterocycles. The van der Waals surface area contributed by atoms with E-state index in [0.29, 0.717) is 18.5 Å². The van der Waals surface area contributed by atoms with Gasteiger partial charge in [0.1, 0.15) is 0 Å². The summed E-state index contributed by atoms with van der Waals surface area (Å²) in [6, 6.07) is 4.11. The van der Waals surface area contributed by atoms with E-state index < -0.39 is 0 Å². The van der Waals surface area contributed by atoms with Gasteiger partial charge in [-0.3, -0.25) is 4.90 Å². The maximum atomic E-state index is 8.73. The van der Waals surface area contributed by atoms with Crippen molar-refractivity contribution in [2.75, 3.05) is 13.1 Å². The van der Waals surface area contributed by atoms with Crippen molar-refractivity contribution in [1.29, 1.82) is 5.26 Å². The highest BCUT2D eigenvalue weighted by Gasteiger charge is 2.31. The highest BCUT2D eigenvalue weighted by Crippen LogP contribution is 2.26. The van der Waals surface area contributed by atoms with Gasteiger partial charge >= 0.3 is 0 Å². The molecule has 15 heavy (non-hydrogen) atoms.